The highest BCUT2D eigenvalue weighted by Gasteiger charge is 1.99. The van der Waals surface area contributed by atoms with Crippen LogP contribution in [-0.4, -0.2) is 31.6 Å². The zero-order valence-electron chi connectivity index (χ0n) is 14.8. The van der Waals surface area contributed by atoms with Gasteiger partial charge in [-0.15, -0.1) is 0 Å². The van der Waals surface area contributed by atoms with Crippen molar-refractivity contribution in [1.29, 1.82) is 0 Å². The Bertz CT molecular complexity index is 255. The smallest absolute Gasteiger partial charge is 0.0320 e. The molecule has 3 nitrogen and oxygen atoms in total. The molecule has 0 aliphatic carbocycles. The van der Waals surface area contributed by atoms with E-state index >= 15 is 0 Å². The van der Waals surface area contributed by atoms with Crippen molar-refractivity contribution in [1.82, 2.24) is 10.2 Å². The number of allylic oxidation sites excluding steroid dienone is 3. The van der Waals surface area contributed by atoms with Crippen molar-refractivity contribution in [3.63, 3.8) is 0 Å². The Morgan fingerprint density at radius 3 is 2.15 bits per heavy atom. The highest BCUT2D eigenvalue weighted by atomic mass is 15.1. The predicted octanol–water partition coefficient (Wildman–Crippen LogP) is 3.90. The predicted molar refractivity (Wildman–Crippen MR) is 94.7 cm³/mol. The summed E-state index contributed by atoms with van der Waals surface area (Å²) >= 11 is 0. The van der Waals surface area contributed by atoms with Gasteiger partial charge in [0, 0.05) is 25.0 Å². The minimum atomic E-state index is 0.584. The van der Waals surface area contributed by atoms with Gasteiger partial charge in [-0.3, -0.25) is 0 Å². The van der Waals surface area contributed by atoms with E-state index in [0.717, 1.165) is 26.1 Å². The molecule has 0 radical (unpaired) electrons. The second-order valence-electron chi connectivity index (χ2n) is 3.75. The van der Waals surface area contributed by atoms with Crippen molar-refractivity contribution in [2.75, 3.05) is 26.7 Å². The largest absolute Gasteiger partial charge is 0.399 e. The molecule has 0 atom stereocenters. The summed E-state index contributed by atoms with van der Waals surface area (Å²) in [6.07, 6.45) is 7.04. The second kappa shape index (κ2) is 20.1. The molecule has 0 saturated carbocycles. The molecule has 0 amide bonds. The molecule has 0 aliphatic rings. The third-order valence-corrected chi connectivity index (χ3v) is 2.30. The van der Waals surface area contributed by atoms with E-state index in [2.05, 4.69) is 36.8 Å². The van der Waals surface area contributed by atoms with E-state index in [1.807, 2.05) is 46.8 Å². The van der Waals surface area contributed by atoms with Crippen LogP contribution in [0.15, 0.2) is 36.2 Å². The highest BCUT2D eigenvalue weighted by Crippen LogP contribution is 2.04. The van der Waals surface area contributed by atoms with Crippen LogP contribution in [0.4, 0.5) is 0 Å². The first-order valence-corrected chi connectivity index (χ1v) is 7.82. The summed E-state index contributed by atoms with van der Waals surface area (Å²) in [6.45, 7) is 18.9. The molecule has 0 aromatic carbocycles. The fourth-order valence-electron chi connectivity index (χ4n) is 1.38. The van der Waals surface area contributed by atoms with Crippen LogP contribution in [0, 0.1) is 0 Å². The van der Waals surface area contributed by atoms with Crippen LogP contribution in [-0.2, 0) is 0 Å². The Hall–Kier alpha value is -1.22. The van der Waals surface area contributed by atoms with Crippen molar-refractivity contribution >= 4 is 0 Å². The van der Waals surface area contributed by atoms with Gasteiger partial charge in [0.15, 0.2) is 0 Å². The Balaban J connectivity index is -0.000000656. The van der Waals surface area contributed by atoms with E-state index in [9.17, 15) is 0 Å². The van der Waals surface area contributed by atoms with E-state index in [-0.39, 0.29) is 0 Å². The monoisotopic (exact) mass is 283 g/mol. The number of hydrogen-bond acceptors (Lipinski definition) is 3. The first kappa shape index (κ1) is 23.8. The average Bonchev–Trinajstić information content (AvgIpc) is 2.48. The minimum Gasteiger partial charge on any atom is -0.399 e. The summed E-state index contributed by atoms with van der Waals surface area (Å²) in [6, 6.07) is 0. The number of rotatable bonds is 8. The molecular formula is C17H37N3. The lowest BCUT2D eigenvalue weighted by Crippen LogP contribution is -2.23. The Kier molecular flexibility index (Phi) is 24.0. The molecule has 3 N–H and O–H groups in total. The van der Waals surface area contributed by atoms with Gasteiger partial charge in [-0.25, -0.2) is 0 Å². The molecule has 0 fully saturated rings. The fourth-order valence-corrected chi connectivity index (χ4v) is 1.38. The van der Waals surface area contributed by atoms with Crippen LogP contribution in [0.3, 0.4) is 0 Å². The second-order valence-corrected chi connectivity index (χ2v) is 3.75. The van der Waals surface area contributed by atoms with Crippen molar-refractivity contribution in [2.24, 2.45) is 5.73 Å². The van der Waals surface area contributed by atoms with Gasteiger partial charge in [0.05, 0.1) is 0 Å². The number of nitrogens with two attached hydrogens (primary N) is 1. The number of nitrogens with one attached hydrogen (secondary N) is 1. The van der Waals surface area contributed by atoms with Crippen LogP contribution in [0.5, 0.6) is 0 Å². The maximum Gasteiger partial charge on any atom is 0.0320 e. The molecule has 0 heterocycles. The summed E-state index contributed by atoms with van der Waals surface area (Å²) in [5, 5.41) is 3.31. The lowest BCUT2D eigenvalue weighted by atomic mass is 10.3. The maximum absolute atomic E-state index is 5.50. The molecule has 0 aliphatic heterocycles. The highest BCUT2D eigenvalue weighted by molar-refractivity contribution is 5.23. The summed E-state index contributed by atoms with van der Waals surface area (Å²) < 4.78 is 0. The Morgan fingerprint density at radius 2 is 1.75 bits per heavy atom. The van der Waals surface area contributed by atoms with Gasteiger partial charge < -0.3 is 16.0 Å². The summed E-state index contributed by atoms with van der Waals surface area (Å²) in [5.74, 6) is 0. The van der Waals surface area contributed by atoms with Crippen molar-refractivity contribution in [3.05, 3.63) is 36.2 Å². The molecule has 0 aromatic heterocycles. The molecule has 0 saturated heterocycles. The Labute approximate surface area is 127 Å². The van der Waals surface area contributed by atoms with Crippen LogP contribution >= 0.6 is 0 Å². The van der Waals surface area contributed by atoms with Gasteiger partial charge in [-0.1, -0.05) is 47.3 Å². The lowest BCUT2D eigenvalue weighted by molar-refractivity contribution is 0.414. The summed E-state index contributed by atoms with van der Waals surface area (Å²) in [4.78, 5) is 2.22. The molecule has 0 unspecified atom stereocenters. The lowest BCUT2D eigenvalue weighted by Gasteiger charge is -2.20. The molecule has 3 heteroatoms. The van der Waals surface area contributed by atoms with Crippen LogP contribution in [0.2, 0.25) is 0 Å². The van der Waals surface area contributed by atoms with Gasteiger partial charge in [0.25, 0.3) is 0 Å². The standard InChI is InChI=1S/C13H25N3.2C2H6/c1-5-13(9-8-12(3)14)16(4)11-7-10-15-6-2;2*1-2/h5,8-9,15H,3,6-7,10-11,14H2,1-2,4H3;2*1-2H3/b9-8-,13-5+;;. The van der Waals surface area contributed by atoms with Crippen LogP contribution in [0.25, 0.3) is 0 Å². The van der Waals surface area contributed by atoms with Gasteiger partial charge in [0.2, 0.25) is 0 Å². The topological polar surface area (TPSA) is 41.3 Å². The summed E-state index contributed by atoms with van der Waals surface area (Å²) in [5.41, 5.74) is 7.25. The van der Waals surface area contributed by atoms with E-state index in [0.29, 0.717) is 5.70 Å². The zero-order chi connectivity index (χ0) is 16.4. The molecule has 120 valence electrons. The first-order chi connectivity index (χ1) is 9.61. The van der Waals surface area contributed by atoms with E-state index in [4.69, 9.17) is 5.73 Å². The molecule has 0 bridgehead atoms. The van der Waals surface area contributed by atoms with Crippen LogP contribution in [0.1, 0.15) is 48.0 Å². The number of hydrogen-bond donors (Lipinski definition) is 2. The Morgan fingerprint density at radius 1 is 1.20 bits per heavy atom. The SMILES string of the molecule is C=C(N)/C=C\C(=C/C)N(C)CCCNCC.CC.CC. The van der Waals surface area contributed by atoms with Gasteiger partial charge >= 0.3 is 0 Å². The van der Waals surface area contributed by atoms with Gasteiger partial charge in [0.1, 0.15) is 0 Å². The zero-order valence-corrected chi connectivity index (χ0v) is 14.8. The molecule has 0 aromatic rings. The van der Waals surface area contributed by atoms with Crippen molar-refractivity contribution in [3.8, 4) is 0 Å². The number of nitrogens with zero attached hydrogens (tertiary/aromatic N) is 1. The average molecular weight is 284 g/mol. The van der Waals surface area contributed by atoms with Gasteiger partial charge in [-0.05, 0) is 38.6 Å². The fraction of sp³-hybridized carbons (Fsp3) is 0.647. The maximum atomic E-state index is 5.50. The third-order valence-electron chi connectivity index (χ3n) is 2.30. The normalized spacial score (nSPS) is 10.2. The molecule has 20 heavy (non-hydrogen) atoms. The molecule has 0 spiro atoms. The molecular weight excluding hydrogens is 246 g/mol. The van der Waals surface area contributed by atoms with E-state index < -0.39 is 0 Å². The van der Waals surface area contributed by atoms with Crippen LogP contribution < -0.4 is 11.1 Å². The van der Waals surface area contributed by atoms with E-state index in [1.165, 1.54) is 5.70 Å². The van der Waals surface area contributed by atoms with Crippen molar-refractivity contribution in [2.45, 2.75) is 48.0 Å². The first-order valence-electron chi connectivity index (χ1n) is 7.82. The summed E-state index contributed by atoms with van der Waals surface area (Å²) in [7, 11) is 2.09. The van der Waals surface area contributed by atoms with Crippen molar-refractivity contribution < 1.29 is 0 Å². The van der Waals surface area contributed by atoms with E-state index in [1.54, 1.807) is 0 Å². The quantitative estimate of drug-likeness (QED) is 0.524. The third kappa shape index (κ3) is 16.8. The van der Waals surface area contributed by atoms with Gasteiger partial charge in [-0.2, -0.15) is 0 Å². The molecule has 0 rings (SSSR count). The number of likely N-dealkylation sites (N-methyl/N-ethyl adjacent to an activating group) is 1. The minimum absolute atomic E-state index is 0.584.